The first-order chi connectivity index (χ1) is 11.9. The molecule has 4 rings (SSSR count). The molecular formula is C15H18N5Na2O4P. The van der Waals surface area contributed by atoms with Gasteiger partial charge in [-0.3, -0.25) is 0 Å². The van der Waals surface area contributed by atoms with Gasteiger partial charge in [-0.2, -0.15) is 0 Å². The van der Waals surface area contributed by atoms with Gasteiger partial charge in [0.25, 0.3) is 0 Å². The van der Waals surface area contributed by atoms with Gasteiger partial charge in [0, 0.05) is 12.5 Å². The normalized spacial score (nSPS) is 22.1. The van der Waals surface area contributed by atoms with Crippen LogP contribution in [0.3, 0.4) is 0 Å². The number of aromatic nitrogens is 4. The molecule has 1 N–H and O–H groups in total. The Balaban J connectivity index is 0.00000131. The smallest absolute Gasteiger partial charge is 0.809 e. The molecule has 27 heavy (non-hydrogen) atoms. The Hall–Kier alpha value is 0.200. The van der Waals surface area contributed by atoms with Crippen LogP contribution in [0.4, 0.5) is 5.82 Å². The van der Waals surface area contributed by atoms with Crippen LogP contribution in [0, 0.1) is 0 Å². The van der Waals surface area contributed by atoms with E-state index in [2.05, 4.69) is 20.3 Å². The minimum Gasteiger partial charge on any atom is -0.809 e. The van der Waals surface area contributed by atoms with Crippen LogP contribution in [0.15, 0.2) is 24.3 Å². The van der Waals surface area contributed by atoms with Crippen LogP contribution in [-0.4, -0.2) is 38.0 Å². The summed E-state index contributed by atoms with van der Waals surface area (Å²) >= 11 is 0. The predicted molar refractivity (Wildman–Crippen MR) is 86.7 cm³/mol. The van der Waals surface area contributed by atoms with Crippen LogP contribution in [-0.2, 0) is 9.30 Å². The summed E-state index contributed by atoms with van der Waals surface area (Å²) < 4.78 is 18.0. The number of hydrogen-bond donors (Lipinski definition) is 1. The average Bonchev–Trinajstić information content (AvgIpc) is 3.12. The number of rotatable bonds is 6. The van der Waals surface area contributed by atoms with E-state index >= 15 is 0 Å². The first kappa shape index (κ1) is 23.5. The second kappa shape index (κ2) is 9.34. The van der Waals surface area contributed by atoms with Crippen LogP contribution < -0.4 is 74.2 Å². The molecule has 12 heteroatoms. The second-order valence-electron chi connectivity index (χ2n) is 6.57. The summed E-state index contributed by atoms with van der Waals surface area (Å²) in [6.07, 6.45) is 6.82. The van der Waals surface area contributed by atoms with E-state index in [1.54, 1.807) is 6.33 Å². The van der Waals surface area contributed by atoms with Crippen molar-refractivity contribution in [1.82, 2.24) is 19.5 Å². The van der Waals surface area contributed by atoms with E-state index in [-0.39, 0.29) is 65.2 Å². The summed E-state index contributed by atoms with van der Waals surface area (Å²) in [7, 11) is -4.68. The van der Waals surface area contributed by atoms with Gasteiger partial charge in [-0.15, -0.1) is 0 Å². The van der Waals surface area contributed by atoms with E-state index in [1.165, 1.54) is 6.33 Å². The van der Waals surface area contributed by atoms with E-state index in [4.69, 9.17) is 4.74 Å². The van der Waals surface area contributed by atoms with E-state index < -0.39 is 20.0 Å². The van der Waals surface area contributed by atoms with Crippen molar-refractivity contribution in [3.8, 4) is 0 Å². The molecule has 2 aliphatic rings. The summed E-state index contributed by atoms with van der Waals surface area (Å²) in [4.78, 5) is 34.7. The van der Waals surface area contributed by atoms with Crippen molar-refractivity contribution in [3.63, 3.8) is 0 Å². The van der Waals surface area contributed by atoms with E-state index in [0.717, 1.165) is 24.2 Å². The van der Waals surface area contributed by atoms with E-state index in [9.17, 15) is 14.4 Å². The van der Waals surface area contributed by atoms with Gasteiger partial charge in [-0.25, -0.2) is 15.0 Å². The molecule has 0 saturated heterocycles. The van der Waals surface area contributed by atoms with Crippen molar-refractivity contribution < 1.29 is 78.2 Å². The molecule has 134 valence electrons. The van der Waals surface area contributed by atoms with E-state index in [0.29, 0.717) is 23.6 Å². The van der Waals surface area contributed by atoms with Gasteiger partial charge in [-0.1, -0.05) is 6.08 Å². The first-order valence-electron chi connectivity index (χ1n) is 8.16. The maximum atomic E-state index is 10.8. The molecule has 0 radical (unpaired) electrons. The van der Waals surface area contributed by atoms with E-state index in [1.807, 2.05) is 17.6 Å². The summed E-state index contributed by atoms with van der Waals surface area (Å²) in [6.45, 7) is 1.86. The molecule has 0 amide bonds. The van der Waals surface area contributed by atoms with Gasteiger partial charge in [-0.05, 0) is 32.9 Å². The van der Waals surface area contributed by atoms with Crippen LogP contribution in [0.5, 0.6) is 0 Å². The third-order valence-electron chi connectivity index (χ3n) is 4.49. The van der Waals surface area contributed by atoms with Crippen molar-refractivity contribution in [2.75, 3.05) is 11.7 Å². The number of ether oxygens (including phenoxy) is 1. The topological polar surface area (TPSA) is 128 Å². The van der Waals surface area contributed by atoms with Crippen molar-refractivity contribution in [3.05, 3.63) is 24.3 Å². The first-order valence-corrected chi connectivity index (χ1v) is 9.88. The Morgan fingerprint density at radius 1 is 1.30 bits per heavy atom. The molecule has 2 aromatic heterocycles. The number of allylic oxidation sites excluding steroid dienone is 1. The maximum absolute atomic E-state index is 10.8. The molecule has 2 aliphatic carbocycles. The fourth-order valence-corrected chi connectivity index (χ4v) is 3.44. The van der Waals surface area contributed by atoms with Gasteiger partial charge in [0.05, 0.1) is 24.8 Å². The molecule has 1 saturated carbocycles. The molecule has 2 aromatic rings. The average molecular weight is 409 g/mol. The van der Waals surface area contributed by atoms with Crippen molar-refractivity contribution >= 4 is 24.6 Å². The van der Waals surface area contributed by atoms with Gasteiger partial charge < -0.3 is 29.0 Å². The molecule has 0 aliphatic heterocycles. The molecule has 0 aromatic carbocycles. The largest absolute Gasteiger partial charge is 1.00 e. The molecule has 9 nitrogen and oxygen atoms in total. The standard InChI is InChI=1S/C15H20N5O4P.2Na/c1-9-4-11(5-12(9)24-8-25(21,22)23)20-7-18-13-14(19-10-2-3-10)16-6-17-15(13)20;;/h4,6-7,10-12H,2-3,5,8H2,1H3,(H,16,17,19)(H2,21,22,23);;/q;2*+1/p-2/t11-,12-;;/m0../s1. The Morgan fingerprint density at radius 2 is 2.04 bits per heavy atom. The second-order valence-corrected chi connectivity index (χ2v) is 8.05. The fourth-order valence-electron chi connectivity index (χ4n) is 3.08. The third kappa shape index (κ3) is 5.63. The van der Waals surface area contributed by atoms with Crippen LogP contribution in [0.25, 0.3) is 11.2 Å². The maximum Gasteiger partial charge on any atom is 1.00 e. The van der Waals surface area contributed by atoms with Gasteiger partial charge in [0.1, 0.15) is 11.8 Å². The van der Waals surface area contributed by atoms with Crippen molar-refractivity contribution in [2.24, 2.45) is 0 Å². The van der Waals surface area contributed by atoms with Gasteiger partial charge in [0.15, 0.2) is 11.5 Å². The zero-order valence-corrected chi connectivity index (χ0v) is 20.6. The molecular weight excluding hydrogens is 391 g/mol. The Kier molecular flexibility index (Phi) is 8.12. The minimum absolute atomic E-state index is 0. The number of imidazole rings is 1. The van der Waals surface area contributed by atoms with Crippen LogP contribution in [0.1, 0.15) is 32.2 Å². The Morgan fingerprint density at radius 3 is 2.70 bits per heavy atom. The zero-order valence-electron chi connectivity index (χ0n) is 15.7. The van der Waals surface area contributed by atoms with Crippen molar-refractivity contribution in [2.45, 2.75) is 44.4 Å². The van der Waals surface area contributed by atoms with Gasteiger partial charge in [0.2, 0.25) is 0 Å². The summed E-state index contributed by atoms with van der Waals surface area (Å²) in [5.74, 6) is 0.733. The molecule has 0 spiro atoms. The van der Waals surface area contributed by atoms with Crippen LogP contribution in [0.2, 0.25) is 0 Å². The van der Waals surface area contributed by atoms with Gasteiger partial charge >= 0.3 is 59.1 Å². The number of nitrogens with zero attached hydrogens (tertiary/aromatic N) is 4. The Labute approximate surface area is 201 Å². The van der Waals surface area contributed by atoms with Crippen LogP contribution >= 0.6 is 7.60 Å². The predicted octanol–water partition coefficient (Wildman–Crippen LogP) is -5.44. The Bertz CT molecular complexity index is 882. The molecule has 2 atom stereocenters. The fraction of sp³-hybridized carbons (Fsp3) is 0.533. The number of nitrogens with one attached hydrogen (secondary N) is 1. The third-order valence-corrected chi connectivity index (χ3v) is 4.95. The molecule has 0 bridgehead atoms. The number of fused-ring (bicyclic) bond motifs is 1. The quantitative estimate of drug-likeness (QED) is 0.285. The number of anilines is 1. The molecule has 2 heterocycles. The summed E-state index contributed by atoms with van der Waals surface area (Å²) in [5.41, 5.74) is 2.32. The molecule has 0 unspecified atom stereocenters. The number of hydrogen-bond acceptors (Lipinski definition) is 8. The SMILES string of the molecule is CC1=C[C@H](n2cnc3c(NC4CC4)ncnc32)C[C@@H]1OCP(=O)([O-])[O-].[Na+].[Na+]. The summed E-state index contributed by atoms with van der Waals surface area (Å²) in [6, 6.07) is 0.404. The molecule has 1 fully saturated rings. The minimum atomic E-state index is -4.68. The summed E-state index contributed by atoms with van der Waals surface area (Å²) in [5, 5.41) is 3.35. The van der Waals surface area contributed by atoms with Crippen molar-refractivity contribution in [1.29, 1.82) is 0 Å². The monoisotopic (exact) mass is 409 g/mol. The zero-order chi connectivity index (χ0) is 17.6.